The molecule has 0 radical (unpaired) electrons. The summed E-state index contributed by atoms with van der Waals surface area (Å²) in [5.41, 5.74) is 2.60. The zero-order valence-electron chi connectivity index (χ0n) is 19.8. The minimum Gasteiger partial charge on any atom is -0.618 e. The van der Waals surface area contributed by atoms with Crippen LogP contribution >= 0.6 is 11.6 Å². The highest BCUT2D eigenvalue weighted by Crippen LogP contribution is 2.39. The first-order valence-electron chi connectivity index (χ1n) is 11.8. The van der Waals surface area contributed by atoms with E-state index < -0.39 is 5.82 Å². The van der Waals surface area contributed by atoms with Crippen LogP contribution < -0.4 is 10.2 Å². The second-order valence-corrected chi connectivity index (χ2v) is 9.64. The quantitative estimate of drug-likeness (QED) is 0.186. The fraction of sp³-hybridized carbons (Fsp3) is 0.200. The Kier molecular flexibility index (Phi) is 5.87. The van der Waals surface area contributed by atoms with Gasteiger partial charge in [0.15, 0.2) is 17.5 Å². The fourth-order valence-corrected chi connectivity index (χ4v) is 4.68. The third-order valence-electron chi connectivity index (χ3n) is 6.68. The van der Waals surface area contributed by atoms with E-state index in [-0.39, 0.29) is 22.1 Å². The summed E-state index contributed by atoms with van der Waals surface area (Å²) in [5.74, 6) is -0.204. The zero-order valence-corrected chi connectivity index (χ0v) is 20.6. The molecule has 13 heteroatoms. The van der Waals surface area contributed by atoms with Gasteiger partial charge in [0.05, 0.1) is 34.2 Å². The molecule has 1 saturated carbocycles. The molecule has 1 atom stereocenters. The lowest BCUT2D eigenvalue weighted by molar-refractivity contribution is -0.615. The van der Waals surface area contributed by atoms with Gasteiger partial charge in [-0.25, -0.2) is 4.39 Å². The third kappa shape index (κ3) is 4.39. The van der Waals surface area contributed by atoms with Gasteiger partial charge in [0, 0.05) is 23.4 Å². The summed E-state index contributed by atoms with van der Waals surface area (Å²) in [5, 5.41) is 46.4. The first-order chi connectivity index (χ1) is 18.4. The van der Waals surface area contributed by atoms with Crippen LogP contribution in [0.25, 0.3) is 27.9 Å². The Morgan fingerprint density at radius 1 is 1.13 bits per heavy atom. The molecule has 0 saturated heterocycles. The minimum absolute atomic E-state index is 0.0420. The first-order valence-corrected chi connectivity index (χ1v) is 12.2. The van der Waals surface area contributed by atoms with E-state index >= 15 is 4.39 Å². The number of tetrazole rings is 1. The van der Waals surface area contributed by atoms with Crippen LogP contribution in [0.5, 0.6) is 0 Å². The summed E-state index contributed by atoms with van der Waals surface area (Å²) < 4.78 is 19.7. The normalized spacial score (nSPS) is 14.1. The number of nitrogens with zero attached hydrogens (tertiary/aromatic N) is 8. The molecule has 1 aliphatic rings. The Labute approximate surface area is 220 Å². The van der Waals surface area contributed by atoms with Gasteiger partial charge in [-0.3, -0.25) is 10.1 Å². The van der Waals surface area contributed by atoms with Crippen molar-refractivity contribution in [1.29, 1.82) is 5.41 Å². The molecule has 11 nitrogen and oxygen atoms in total. The van der Waals surface area contributed by atoms with Crippen molar-refractivity contribution < 1.29 is 14.3 Å². The van der Waals surface area contributed by atoms with Crippen molar-refractivity contribution in [1.82, 2.24) is 34.7 Å². The lowest BCUT2D eigenvalue weighted by Crippen LogP contribution is -2.35. The lowest BCUT2D eigenvalue weighted by atomic mass is 10.0. The monoisotopic (exact) mass is 533 g/mol. The first kappa shape index (κ1) is 23.8. The van der Waals surface area contributed by atoms with E-state index in [1.165, 1.54) is 35.5 Å². The zero-order chi connectivity index (χ0) is 26.4. The number of rotatable bonds is 7. The van der Waals surface area contributed by atoms with Gasteiger partial charge in [0.25, 0.3) is 0 Å². The van der Waals surface area contributed by atoms with Gasteiger partial charge in [0.2, 0.25) is 5.69 Å². The van der Waals surface area contributed by atoms with Crippen LogP contribution in [0, 0.1) is 22.4 Å². The Morgan fingerprint density at radius 2 is 1.95 bits per heavy atom. The lowest BCUT2D eigenvalue weighted by Gasteiger charge is -2.18. The maximum Gasteiger partial charge on any atom is 0.217 e. The number of pyridine rings is 2. The largest absolute Gasteiger partial charge is 0.618 e. The number of benzene rings is 1. The average Bonchev–Trinajstić information content (AvgIpc) is 3.34. The molecule has 1 unspecified atom stereocenters. The molecule has 0 amide bonds. The highest BCUT2D eigenvalue weighted by atomic mass is 35.5. The fourth-order valence-electron chi connectivity index (χ4n) is 4.53. The van der Waals surface area contributed by atoms with Gasteiger partial charge >= 0.3 is 0 Å². The van der Waals surface area contributed by atoms with Crippen molar-refractivity contribution in [3.63, 3.8) is 0 Å². The molecular formula is C25H21ClFN9O2. The number of nitrogens with one attached hydrogen (secondary N) is 1. The molecule has 192 valence electrons. The van der Waals surface area contributed by atoms with Crippen molar-refractivity contribution >= 4 is 11.6 Å². The molecule has 1 aliphatic carbocycles. The third-order valence-corrected chi connectivity index (χ3v) is 6.97. The van der Waals surface area contributed by atoms with Gasteiger partial charge in [-0.1, -0.05) is 24.4 Å². The number of hydrogen-bond acceptors (Lipinski definition) is 7. The second-order valence-electron chi connectivity index (χ2n) is 9.23. The molecule has 4 heterocycles. The van der Waals surface area contributed by atoms with Crippen LogP contribution in [0.2, 0.25) is 5.02 Å². The van der Waals surface area contributed by atoms with E-state index in [0.717, 1.165) is 34.3 Å². The van der Waals surface area contributed by atoms with Crippen LogP contribution in [0.15, 0.2) is 67.5 Å². The molecule has 1 aromatic carbocycles. The molecule has 38 heavy (non-hydrogen) atoms. The van der Waals surface area contributed by atoms with E-state index in [1.807, 2.05) is 6.20 Å². The standard InChI is InChI=1S/C25H21ClFN9O2/c26-19-5-7-21(34-14-29-31-32-34)24(25(19)27)17-3-6-20(35(37)13-17)22(9-15-1-2-15)33-11-18(10-30-33)16-4-8-23(28)36(38)12-16/h3-8,10-15,22,28,38H,1-2,9H2. The van der Waals surface area contributed by atoms with Crippen LogP contribution in [-0.2, 0) is 0 Å². The molecule has 4 aromatic heterocycles. The van der Waals surface area contributed by atoms with Gasteiger partial charge in [0.1, 0.15) is 12.4 Å². The summed E-state index contributed by atoms with van der Waals surface area (Å²) in [4.78, 5) is 0. The summed E-state index contributed by atoms with van der Waals surface area (Å²) >= 11 is 6.07. The van der Waals surface area contributed by atoms with Gasteiger partial charge in [-0.05, 0) is 53.1 Å². The maximum absolute atomic E-state index is 15.2. The van der Waals surface area contributed by atoms with Crippen LogP contribution in [0.4, 0.5) is 4.39 Å². The molecule has 1 fully saturated rings. The Morgan fingerprint density at radius 3 is 2.66 bits per heavy atom. The maximum atomic E-state index is 15.2. The number of aromatic nitrogens is 8. The van der Waals surface area contributed by atoms with E-state index in [2.05, 4.69) is 20.6 Å². The minimum atomic E-state index is -0.682. The average molecular weight is 534 g/mol. The summed E-state index contributed by atoms with van der Waals surface area (Å²) in [6.45, 7) is 0. The molecule has 5 aromatic rings. The van der Waals surface area contributed by atoms with Gasteiger partial charge in [-0.15, -0.1) is 5.10 Å². The van der Waals surface area contributed by atoms with E-state index in [0.29, 0.717) is 28.4 Å². The number of hydrogen-bond donors (Lipinski definition) is 2. The predicted octanol–water partition coefficient (Wildman–Crippen LogP) is 3.53. The van der Waals surface area contributed by atoms with E-state index in [9.17, 15) is 10.4 Å². The Balaban J connectivity index is 1.40. The van der Waals surface area contributed by atoms with Crippen molar-refractivity contribution in [3.05, 3.63) is 94.7 Å². The van der Waals surface area contributed by atoms with E-state index in [1.54, 1.807) is 35.1 Å². The van der Waals surface area contributed by atoms with Gasteiger partial charge in [-0.2, -0.15) is 19.2 Å². The molecule has 0 spiro atoms. The predicted molar refractivity (Wildman–Crippen MR) is 133 cm³/mol. The van der Waals surface area contributed by atoms with Crippen molar-refractivity contribution in [2.75, 3.05) is 0 Å². The van der Waals surface area contributed by atoms with Crippen LogP contribution in [0.1, 0.15) is 31.0 Å². The van der Waals surface area contributed by atoms with Crippen molar-refractivity contribution in [2.45, 2.75) is 25.3 Å². The number of halogens is 2. The van der Waals surface area contributed by atoms with E-state index in [4.69, 9.17) is 17.0 Å². The second kappa shape index (κ2) is 9.38. The molecule has 0 aliphatic heterocycles. The molecular weight excluding hydrogens is 513 g/mol. The Bertz CT molecular complexity index is 1700. The van der Waals surface area contributed by atoms with Gasteiger partial charge < -0.3 is 10.4 Å². The summed E-state index contributed by atoms with van der Waals surface area (Å²) in [6.07, 6.45) is 10.4. The van der Waals surface area contributed by atoms with Crippen LogP contribution in [0.3, 0.4) is 0 Å². The molecule has 0 bridgehead atoms. The summed E-state index contributed by atoms with van der Waals surface area (Å²) in [7, 11) is 0. The summed E-state index contributed by atoms with van der Waals surface area (Å²) in [6, 6.07) is 9.20. The van der Waals surface area contributed by atoms with Crippen LogP contribution in [-0.4, -0.2) is 39.9 Å². The highest BCUT2D eigenvalue weighted by Gasteiger charge is 2.32. The van der Waals surface area contributed by atoms with Crippen molar-refractivity contribution in [2.24, 2.45) is 5.92 Å². The smallest absolute Gasteiger partial charge is 0.217 e. The Hall–Kier alpha value is -4.58. The van der Waals surface area contributed by atoms with Crippen molar-refractivity contribution in [3.8, 4) is 27.9 Å². The topological polar surface area (TPSA) is 137 Å². The SMILES string of the molecule is N=c1ccc(-c2cnn(C(CC3CC3)c3ccc(-c4c(-n5cnnn5)ccc(Cl)c4F)c[n+]3[O-])c2)cn1O. The molecule has 6 rings (SSSR count). The highest BCUT2D eigenvalue weighted by molar-refractivity contribution is 6.31. The molecule has 2 N–H and O–H groups in total.